The topological polar surface area (TPSA) is 55.8 Å². The summed E-state index contributed by atoms with van der Waals surface area (Å²) in [7, 11) is 0. The molecule has 1 aromatic rings. The van der Waals surface area contributed by atoms with E-state index in [9.17, 15) is 9.59 Å². The maximum Gasteiger partial charge on any atom is 0.410 e. The lowest BCUT2D eigenvalue weighted by atomic mass is 9.79. The van der Waals surface area contributed by atoms with Crippen LogP contribution in [0.4, 0.5) is 4.79 Å². The summed E-state index contributed by atoms with van der Waals surface area (Å²) < 4.78 is 10.2. The van der Waals surface area contributed by atoms with E-state index in [4.69, 9.17) is 9.47 Å². The molecule has 19 heavy (non-hydrogen) atoms. The van der Waals surface area contributed by atoms with Gasteiger partial charge in [-0.3, -0.25) is 4.79 Å². The van der Waals surface area contributed by atoms with E-state index in [1.54, 1.807) is 4.90 Å². The maximum atomic E-state index is 11.8. The number of ether oxygens (including phenoxy) is 2. The second-order valence-corrected chi connectivity index (χ2v) is 5.06. The zero-order valence-electron chi connectivity index (χ0n) is 10.5. The van der Waals surface area contributed by atoms with Crippen molar-refractivity contribution in [2.45, 2.75) is 13.0 Å². The molecule has 0 aliphatic carbocycles. The number of esters is 1. The zero-order valence-corrected chi connectivity index (χ0v) is 10.5. The molecular formula is C14H15NO4. The lowest BCUT2D eigenvalue weighted by molar-refractivity contribution is -0.153. The van der Waals surface area contributed by atoms with E-state index in [1.165, 1.54) is 0 Å². The average molecular weight is 261 g/mol. The van der Waals surface area contributed by atoms with Crippen LogP contribution >= 0.6 is 0 Å². The van der Waals surface area contributed by atoms with E-state index in [0.717, 1.165) is 5.56 Å². The van der Waals surface area contributed by atoms with Crippen molar-refractivity contribution in [1.29, 1.82) is 0 Å². The molecule has 0 aromatic heterocycles. The summed E-state index contributed by atoms with van der Waals surface area (Å²) in [5, 5.41) is 0. The molecule has 100 valence electrons. The highest BCUT2D eigenvalue weighted by Gasteiger charge is 2.55. The molecule has 0 radical (unpaired) electrons. The average Bonchev–Trinajstić information content (AvgIpc) is 2.77. The quantitative estimate of drug-likeness (QED) is 0.758. The van der Waals surface area contributed by atoms with Crippen molar-refractivity contribution < 1.29 is 19.1 Å². The van der Waals surface area contributed by atoms with Gasteiger partial charge in [0.25, 0.3) is 0 Å². The van der Waals surface area contributed by atoms with Gasteiger partial charge in [-0.25, -0.2) is 4.79 Å². The summed E-state index contributed by atoms with van der Waals surface area (Å²) in [6.07, 6.45) is 0.336. The van der Waals surface area contributed by atoms with Gasteiger partial charge in [0.15, 0.2) is 0 Å². The summed E-state index contributed by atoms with van der Waals surface area (Å²) in [5.74, 6) is -0.181. The van der Waals surface area contributed by atoms with E-state index in [1.807, 2.05) is 30.3 Å². The van der Waals surface area contributed by atoms with E-state index in [0.29, 0.717) is 26.1 Å². The molecule has 2 fully saturated rings. The van der Waals surface area contributed by atoms with Crippen LogP contribution in [0.1, 0.15) is 12.0 Å². The second-order valence-electron chi connectivity index (χ2n) is 5.06. The standard InChI is InChI=1S/C14H15NO4/c16-12-14(6-7-18-12)9-15(10-14)13(17)19-8-11-4-2-1-3-5-11/h1-5H,6-10H2. The predicted molar refractivity (Wildman–Crippen MR) is 66.2 cm³/mol. The molecule has 2 saturated heterocycles. The highest BCUT2D eigenvalue weighted by atomic mass is 16.6. The number of hydrogen-bond acceptors (Lipinski definition) is 4. The summed E-state index contributed by atoms with van der Waals surface area (Å²) in [6.45, 7) is 1.55. The van der Waals surface area contributed by atoms with E-state index >= 15 is 0 Å². The van der Waals surface area contributed by atoms with Gasteiger partial charge in [-0.2, -0.15) is 0 Å². The second kappa shape index (κ2) is 4.57. The molecule has 2 aliphatic rings. The van der Waals surface area contributed by atoms with Gasteiger partial charge in [0, 0.05) is 19.5 Å². The molecule has 0 unspecified atom stereocenters. The number of hydrogen-bond donors (Lipinski definition) is 0. The van der Waals surface area contributed by atoms with Crippen LogP contribution in [-0.4, -0.2) is 36.7 Å². The van der Waals surface area contributed by atoms with Crippen LogP contribution in [0.5, 0.6) is 0 Å². The first-order valence-corrected chi connectivity index (χ1v) is 6.32. The third-order valence-corrected chi connectivity index (χ3v) is 3.70. The van der Waals surface area contributed by atoms with Crippen molar-refractivity contribution in [2.24, 2.45) is 5.41 Å². The highest BCUT2D eigenvalue weighted by Crippen LogP contribution is 2.39. The van der Waals surface area contributed by atoms with E-state index in [-0.39, 0.29) is 18.7 Å². The van der Waals surface area contributed by atoms with Crippen LogP contribution in [-0.2, 0) is 20.9 Å². The third-order valence-electron chi connectivity index (χ3n) is 3.70. The molecule has 1 amide bonds. The van der Waals surface area contributed by atoms with Gasteiger partial charge < -0.3 is 14.4 Å². The SMILES string of the molecule is O=C(OCc1ccccc1)N1CC2(CCOC2=O)C1. The first kappa shape index (κ1) is 12.0. The molecule has 0 atom stereocenters. The van der Waals surface area contributed by atoms with Crippen molar-refractivity contribution in [3.63, 3.8) is 0 Å². The van der Waals surface area contributed by atoms with E-state index < -0.39 is 5.41 Å². The Hall–Kier alpha value is -2.04. The molecule has 1 spiro atoms. The van der Waals surface area contributed by atoms with Crippen molar-refractivity contribution in [1.82, 2.24) is 4.90 Å². The number of likely N-dealkylation sites (tertiary alicyclic amines) is 1. The summed E-state index contributed by atoms with van der Waals surface area (Å²) in [4.78, 5) is 24.9. The van der Waals surface area contributed by atoms with E-state index in [2.05, 4.69) is 0 Å². The molecule has 1 aromatic carbocycles. The monoisotopic (exact) mass is 261 g/mol. The van der Waals surface area contributed by atoms with Crippen LogP contribution < -0.4 is 0 Å². The number of nitrogens with zero attached hydrogens (tertiary/aromatic N) is 1. The van der Waals surface area contributed by atoms with Gasteiger partial charge >= 0.3 is 12.1 Å². The van der Waals surface area contributed by atoms with Crippen LogP contribution in [0, 0.1) is 5.41 Å². The fourth-order valence-corrected chi connectivity index (χ4v) is 2.51. The largest absolute Gasteiger partial charge is 0.465 e. The Bertz CT molecular complexity index is 493. The third kappa shape index (κ3) is 2.16. The van der Waals surface area contributed by atoms with Gasteiger partial charge in [-0.15, -0.1) is 0 Å². The molecular weight excluding hydrogens is 246 g/mol. The Balaban J connectivity index is 1.49. The molecule has 3 rings (SSSR count). The van der Waals surface area contributed by atoms with Crippen molar-refractivity contribution in [3.8, 4) is 0 Å². The fourth-order valence-electron chi connectivity index (χ4n) is 2.51. The summed E-state index contributed by atoms with van der Waals surface area (Å²) in [5.41, 5.74) is 0.498. The molecule has 5 nitrogen and oxygen atoms in total. The number of amides is 1. The Kier molecular flexibility index (Phi) is 2.89. The van der Waals surface area contributed by atoms with Gasteiger partial charge in [-0.1, -0.05) is 30.3 Å². The maximum absolute atomic E-state index is 11.8. The molecule has 0 bridgehead atoms. The summed E-state index contributed by atoms with van der Waals surface area (Å²) in [6, 6.07) is 9.52. The van der Waals surface area contributed by atoms with Crippen molar-refractivity contribution >= 4 is 12.1 Å². The van der Waals surface area contributed by atoms with Crippen molar-refractivity contribution in [2.75, 3.05) is 19.7 Å². The molecule has 0 N–H and O–H groups in total. The Morgan fingerprint density at radius 2 is 2.05 bits per heavy atom. The smallest absolute Gasteiger partial charge is 0.410 e. The van der Waals surface area contributed by atoms with Crippen LogP contribution in [0.3, 0.4) is 0 Å². The molecule has 0 saturated carbocycles. The number of rotatable bonds is 2. The minimum Gasteiger partial charge on any atom is -0.465 e. The van der Waals surface area contributed by atoms with Crippen LogP contribution in [0.15, 0.2) is 30.3 Å². The molecule has 5 heteroatoms. The van der Waals surface area contributed by atoms with Gasteiger partial charge in [-0.05, 0) is 5.56 Å². The number of benzene rings is 1. The lowest BCUT2D eigenvalue weighted by Gasteiger charge is -2.43. The Labute approximate surface area is 111 Å². The van der Waals surface area contributed by atoms with Gasteiger partial charge in [0.2, 0.25) is 0 Å². The fraction of sp³-hybridized carbons (Fsp3) is 0.429. The molecule has 2 heterocycles. The minimum atomic E-state index is -0.453. The number of carbonyl (C=O) groups is 2. The van der Waals surface area contributed by atoms with Gasteiger partial charge in [0.1, 0.15) is 12.0 Å². The number of carbonyl (C=O) groups excluding carboxylic acids is 2. The summed E-state index contributed by atoms with van der Waals surface area (Å²) >= 11 is 0. The minimum absolute atomic E-state index is 0.181. The first-order valence-electron chi connectivity index (χ1n) is 6.32. The van der Waals surface area contributed by atoms with Crippen molar-refractivity contribution in [3.05, 3.63) is 35.9 Å². The van der Waals surface area contributed by atoms with Crippen LogP contribution in [0.2, 0.25) is 0 Å². The van der Waals surface area contributed by atoms with Gasteiger partial charge in [0.05, 0.1) is 6.61 Å². The Morgan fingerprint density at radius 3 is 2.68 bits per heavy atom. The predicted octanol–water partition coefficient (Wildman–Crippen LogP) is 1.57. The lowest BCUT2D eigenvalue weighted by Crippen LogP contribution is -2.60. The van der Waals surface area contributed by atoms with Crippen LogP contribution in [0.25, 0.3) is 0 Å². The normalized spacial score (nSPS) is 20.0. The highest BCUT2D eigenvalue weighted by molar-refractivity contribution is 5.83. The number of cyclic esters (lactones) is 1. The molecule has 2 aliphatic heterocycles. The Morgan fingerprint density at radius 1 is 1.32 bits per heavy atom. The zero-order chi connectivity index (χ0) is 13.3. The first-order chi connectivity index (χ1) is 9.20.